The van der Waals surface area contributed by atoms with Gasteiger partial charge in [0.05, 0.1) is 0 Å². The molecule has 2 rings (SSSR count). The molecule has 2 N–H and O–H groups in total. The Morgan fingerprint density at radius 2 is 2.29 bits per heavy atom. The second-order valence-electron chi connectivity index (χ2n) is 3.93. The molecule has 17 heavy (non-hydrogen) atoms. The van der Waals surface area contributed by atoms with E-state index in [0.29, 0.717) is 17.9 Å². The monoisotopic (exact) mass is 235 g/mol. The average Bonchev–Trinajstić information content (AvgIpc) is 2.64. The first-order valence-electron chi connectivity index (χ1n) is 5.33. The zero-order valence-electron chi connectivity index (χ0n) is 9.38. The third kappa shape index (κ3) is 2.62. The number of aliphatic hydroxyl groups is 1. The summed E-state index contributed by atoms with van der Waals surface area (Å²) in [5.41, 5.74) is 2.40. The first kappa shape index (κ1) is 11.6. The Morgan fingerprint density at radius 1 is 1.53 bits per heavy atom. The molecule has 90 valence electrons. The number of hydrogen-bond acceptors (Lipinski definition) is 4. The molecule has 0 radical (unpaired) electrons. The van der Waals surface area contributed by atoms with Crippen LogP contribution in [-0.2, 0) is 11.2 Å². The summed E-state index contributed by atoms with van der Waals surface area (Å²) in [4.78, 5) is 14.6. The first-order chi connectivity index (χ1) is 8.06. The molecule has 0 aliphatic carbocycles. The standard InChI is InChI=1S/C12H13NO4/c1-7-13-9-6-8(3-5-11(9)17-7)2-4-10(14)12(15)16/h3,5-6,10,14H,2,4H2,1H3,(H,15,16). The fourth-order valence-electron chi connectivity index (χ4n) is 1.67. The van der Waals surface area contributed by atoms with E-state index in [1.165, 1.54) is 0 Å². The molecule has 0 saturated carbocycles. The molecule has 0 amide bonds. The van der Waals surface area contributed by atoms with Gasteiger partial charge in [-0.25, -0.2) is 9.78 Å². The molecule has 1 heterocycles. The van der Waals surface area contributed by atoms with Crippen LogP contribution in [0.15, 0.2) is 22.6 Å². The van der Waals surface area contributed by atoms with Crippen molar-refractivity contribution in [1.29, 1.82) is 0 Å². The highest BCUT2D eigenvalue weighted by Crippen LogP contribution is 2.17. The van der Waals surface area contributed by atoms with Gasteiger partial charge in [0, 0.05) is 6.92 Å². The van der Waals surface area contributed by atoms with E-state index in [-0.39, 0.29) is 6.42 Å². The third-order valence-electron chi connectivity index (χ3n) is 2.55. The summed E-state index contributed by atoms with van der Waals surface area (Å²) in [6.45, 7) is 1.77. The van der Waals surface area contributed by atoms with Gasteiger partial charge in [-0.3, -0.25) is 0 Å². The van der Waals surface area contributed by atoms with Crippen molar-refractivity contribution in [2.75, 3.05) is 0 Å². The number of fused-ring (bicyclic) bond motifs is 1. The van der Waals surface area contributed by atoms with Crippen LogP contribution in [0.5, 0.6) is 0 Å². The lowest BCUT2D eigenvalue weighted by Crippen LogP contribution is -2.19. The van der Waals surface area contributed by atoms with Crippen LogP contribution in [0.25, 0.3) is 11.1 Å². The number of aliphatic hydroxyl groups excluding tert-OH is 1. The lowest BCUT2D eigenvalue weighted by atomic mass is 10.1. The summed E-state index contributed by atoms with van der Waals surface area (Å²) < 4.78 is 5.33. The highest BCUT2D eigenvalue weighted by molar-refractivity contribution is 5.73. The van der Waals surface area contributed by atoms with E-state index in [4.69, 9.17) is 9.52 Å². The van der Waals surface area contributed by atoms with Crippen molar-refractivity contribution in [3.63, 3.8) is 0 Å². The molecule has 1 atom stereocenters. The van der Waals surface area contributed by atoms with E-state index in [9.17, 15) is 9.90 Å². The van der Waals surface area contributed by atoms with Gasteiger partial charge in [0.1, 0.15) is 5.52 Å². The van der Waals surface area contributed by atoms with Gasteiger partial charge < -0.3 is 14.6 Å². The Kier molecular flexibility index (Phi) is 3.10. The number of nitrogens with zero attached hydrogens (tertiary/aromatic N) is 1. The largest absolute Gasteiger partial charge is 0.479 e. The highest BCUT2D eigenvalue weighted by atomic mass is 16.4. The molecule has 0 saturated heterocycles. The third-order valence-corrected chi connectivity index (χ3v) is 2.55. The summed E-state index contributed by atoms with van der Waals surface area (Å²) in [6.07, 6.45) is -0.628. The summed E-state index contributed by atoms with van der Waals surface area (Å²) in [5.74, 6) is -0.592. The predicted octanol–water partition coefficient (Wildman–Crippen LogP) is 1.51. The predicted molar refractivity (Wildman–Crippen MR) is 60.7 cm³/mol. The molecule has 0 aliphatic rings. The van der Waals surface area contributed by atoms with Crippen LogP contribution >= 0.6 is 0 Å². The maximum atomic E-state index is 10.5. The van der Waals surface area contributed by atoms with Gasteiger partial charge in [0.25, 0.3) is 0 Å². The smallest absolute Gasteiger partial charge is 0.332 e. The molecular formula is C12H13NO4. The van der Waals surface area contributed by atoms with Crippen molar-refractivity contribution in [3.8, 4) is 0 Å². The van der Waals surface area contributed by atoms with Crippen LogP contribution < -0.4 is 0 Å². The zero-order valence-corrected chi connectivity index (χ0v) is 9.38. The first-order valence-corrected chi connectivity index (χ1v) is 5.33. The van der Waals surface area contributed by atoms with E-state index >= 15 is 0 Å². The fraction of sp³-hybridized carbons (Fsp3) is 0.333. The SMILES string of the molecule is Cc1nc2cc(CCC(O)C(=O)O)ccc2o1. The molecule has 2 aromatic rings. The van der Waals surface area contributed by atoms with Gasteiger partial charge in [-0.15, -0.1) is 0 Å². The topological polar surface area (TPSA) is 83.6 Å². The number of aliphatic carboxylic acids is 1. The number of aryl methyl sites for hydroxylation is 2. The van der Waals surface area contributed by atoms with E-state index in [1.54, 1.807) is 13.0 Å². The van der Waals surface area contributed by atoms with Crippen LogP contribution in [-0.4, -0.2) is 27.3 Å². The van der Waals surface area contributed by atoms with Crippen LogP contribution in [0.2, 0.25) is 0 Å². The fourth-order valence-corrected chi connectivity index (χ4v) is 1.67. The van der Waals surface area contributed by atoms with Crippen molar-refractivity contribution in [2.45, 2.75) is 25.9 Å². The minimum absolute atomic E-state index is 0.192. The minimum atomic E-state index is -1.32. The average molecular weight is 235 g/mol. The Bertz CT molecular complexity index is 546. The second kappa shape index (κ2) is 4.55. The Labute approximate surface area is 97.7 Å². The molecule has 1 unspecified atom stereocenters. The van der Waals surface area contributed by atoms with Crippen LogP contribution in [0.3, 0.4) is 0 Å². The van der Waals surface area contributed by atoms with Crippen molar-refractivity contribution in [3.05, 3.63) is 29.7 Å². The molecule has 0 bridgehead atoms. The number of carboxylic acids is 1. The summed E-state index contributed by atoms with van der Waals surface area (Å²) >= 11 is 0. The molecule has 1 aromatic heterocycles. The van der Waals surface area contributed by atoms with Crippen LogP contribution in [0, 0.1) is 6.92 Å². The minimum Gasteiger partial charge on any atom is -0.479 e. The van der Waals surface area contributed by atoms with E-state index < -0.39 is 12.1 Å². The summed E-state index contributed by atoms with van der Waals surface area (Å²) in [7, 11) is 0. The summed E-state index contributed by atoms with van der Waals surface area (Å²) in [6, 6.07) is 5.50. The van der Waals surface area contributed by atoms with Crippen molar-refractivity contribution >= 4 is 17.1 Å². The summed E-state index contributed by atoms with van der Waals surface area (Å²) in [5, 5.41) is 17.7. The highest BCUT2D eigenvalue weighted by Gasteiger charge is 2.13. The molecule has 5 heteroatoms. The molecule has 0 aliphatic heterocycles. The Morgan fingerprint density at radius 3 is 3.00 bits per heavy atom. The van der Waals surface area contributed by atoms with Gasteiger partial charge >= 0.3 is 5.97 Å². The number of benzene rings is 1. The normalized spacial score (nSPS) is 12.8. The van der Waals surface area contributed by atoms with Gasteiger partial charge in [-0.1, -0.05) is 6.07 Å². The van der Waals surface area contributed by atoms with E-state index in [2.05, 4.69) is 4.98 Å². The van der Waals surface area contributed by atoms with Crippen molar-refractivity contribution in [2.24, 2.45) is 0 Å². The number of rotatable bonds is 4. The molecule has 5 nitrogen and oxygen atoms in total. The maximum absolute atomic E-state index is 10.5. The van der Waals surface area contributed by atoms with Crippen LogP contribution in [0.4, 0.5) is 0 Å². The quantitative estimate of drug-likeness (QED) is 0.839. The number of oxazole rings is 1. The number of hydrogen-bond donors (Lipinski definition) is 2. The lowest BCUT2D eigenvalue weighted by molar-refractivity contribution is -0.146. The number of carbonyl (C=O) groups is 1. The molecule has 0 fully saturated rings. The van der Waals surface area contributed by atoms with Gasteiger partial charge in [0.15, 0.2) is 17.6 Å². The molecule has 0 spiro atoms. The zero-order chi connectivity index (χ0) is 12.4. The lowest BCUT2D eigenvalue weighted by Gasteiger charge is -2.04. The van der Waals surface area contributed by atoms with Gasteiger partial charge in [0.2, 0.25) is 0 Å². The van der Waals surface area contributed by atoms with E-state index in [1.807, 2.05) is 12.1 Å². The van der Waals surface area contributed by atoms with Crippen LogP contribution in [0.1, 0.15) is 17.9 Å². The maximum Gasteiger partial charge on any atom is 0.332 e. The van der Waals surface area contributed by atoms with E-state index in [0.717, 1.165) is 11.1 Å². The van der Waals surface area contributed by atoms with Crippen molar-refractivity contribution < 1.29 is 19.4 Å². The molecular weight excluding hydrogens is 222 g/mol. The number of aromatic nitrogens is 1. The Hall–Kier alpha value is -1.88. The van der Waals surface area contributed by atoms with Gasteiger partial charge in [-0.2, -0.15) is 0 Å². The second-order valence-corrected chi connectivity index (χ2v) is 3.93. The van der Waals surface area contributed by atoms with Gasteiger partial charge in [-0.05, 0) is 30.5 Å². The molecule has 1 aromatic carbocycles. The number of carboxylic acid groups (broad SMARTS) is 1. The van der Waals surface area contributed by atoms with Crippen molar-refractivity contribution in [1.82, 2.24) is 4.98 Å². The Balaban J connectivity index is 2.11.